The lowest BCUT2D eigenvalue weighted by Gasteiger charge is -2.12. The highest BCUT2D eigenvalue weighted by molar-refractivity contribution is 6.03. The Bertz CT molecular complexity index is 1740. The second-order valence-corrected chi connectivity index (χ2v) is 8.74. The third-order valence-electron chi connectivity index (χ3n) is 6.54. The average Bonchev–Trinajstić information content (AvgIpc) is 3.32. The van der Waals surface area contributed by atoms with Crippen LogP contribution < -0.4 is 15.6 Å². The fourth-order valence-corrected chi connectivity index (χ4v) is 4.64. The van der Waals surface area contributed by atoms with Gasteiger partial charge in [-0.3, -0.25) is 18.7 Å². The predicted octanol–water partition coefficient (Wildman–Crippen LogP) is 5.06. The summed E-state index contributed by atoms with van der Waals surface area (Å²) in [5.74, 6) is 0.817. The Morgan fingerprint density at radius 3 is 2.44 bits per heavy atom. The summed E-state index contributed by atoms with van der Waals surface area (Å²) < 4.78 is 9.15. The normalized spacial score (nSPS) is 11.4. The summed E-state index contributed by atoms with van der Waals surface area (Å²) in [5, 5.41) is 5.02. The minimum atomic E-state index is -0.0106. The van der Waals surface area contributed by atoms with Gasteiger partial charge in [-0.05, 0) is 60.0 Å². The summed E-state index contributed by atoms with van der Waals surface area (Å²) in [7, 11) is 1.66. The monoisotopic (exact) mass is 475 g/mol. The summed E-state index contributed by atoms with van der Waals surface area (Å²) in [5.41, 5.74) is 5.64. The minimum Gasteiger partial charge on any atom is -0.497 e. The topological polar surface area (TPSA) is 73.5 Å². The average molecular weight is 476 g/mol. The van der Waals surface area contributed by atoms with E-state index in [4.69, 9.17) is 9.72 Å². The number of aryl methyl sites for hydroxylation is 2. The maximum Gasteiger partial charge on any atom is 0.260 e. The molecule has 36 heavy (non-hydrogen) atoms. The molecule has 0 radical (unpaired) electrons. The fourth-order valence-electron chi connectivity index (χ4n) is 4.64. The van der Waals surface area contributed by atoms with E-state index in [0.29, 0.717) is 24.9 Å². The molecule has 0 atom stereocenters. The third kappa shape index (κ3) is 3.94. The first-order valence-corrected chi connectivity index (χ1v) is 11.9. The Morgan fingerprint density at radius 1 is 0.889 bits per heavy atom. The van der Waals surface area contributed by atoms with Crippen molar-refractivity contribution in [1.82, 2.24) is 18.9 Å². The highest BCUT2D eigenvalue weighted by atomic mass is 16.5. The number of pyridine rings is 3. The van der Waals surface area contributed by atoms with Crippen molar-refractivity contribution in [2.45, 2.75) is 19.5 Å². The van der Waals surface area contributed by atoms with Crippen molar-refractivity contribution < 1.29 is 4.74 Å². The number of rotatable bonds is 7. The lowest BCUT2D eigenvalue weighted by atomic mass is 10.1. The first-order chi connectivity index (χ1) is 17.7. The van der Waals surface area contributed by atoms with Crippen LogP contribution in [-0.2, 0) is 19.5 Å². The number of hydrogen-bond donors (Lipinski definition) is 1. The van der Waals surface area contributed by atoms with Crippen molar-refractivity contribution >= 4 is 33.3 Å². The van der Waals surface area contributed by atoms with Gasteiger partial charge in [-0.25, -0.2) is 4.98 Å². The van der Waals surface area contributed by atoms with Crippen molar-refractivity contribution in [2.75, 3.05) is 12.4 Å². The molecule has 0 aliphatic heterocycles. The van der Waals surface area contributed by atoms with Gasteiger partial charge in [0.1, 0.15) is 22.6 Å². The molecule has 6 aromatic rings. The summed E-state index contributed by atoms with van der Waals surface area (Å²) in [6, 6.07) is 23.7. The number of benzene rings is 2. The molecule has 4 heterocycles. The van der Waals surface area contributed by atoms with Gasteiger partial charge in [-0.15, -0.1) is 0 Å². The summed E-state index contributed by atoms with van der Waals surface area (Å²) in [6.07, 6.45) is 6.31. The Labute approximate surface area is 207 Å². The Kier molecular flexibility index (Phi) is 5.58. The second kappa shape index (κ2) is 9.19. The van der Waals surface area contributed by atoms with Crippen molar-refractivity contribution in [3.63, 3.8) is 0 Å². The summed E-state index contributed by atoms with van der Waals surface area (Å²) in [4.78, 5) is 22.7. The van der Waals surface area contributed by atoms with Gasteiger partial charge in [0.2, 0.25) is 0 Å². The van der Waals surface area contributed by atoms with Crippen LogP contribution in [0.25, 0.3) is 27.6 Å². The largest absolute Gasteiger partial charge is 0.497 e. The van der Waals surface area contributed by atoms with Crippen molar-refractivity contribution in [2.24, 2.45) is 0 Å². The first-order valence-electron chi connectivity index (χ1n) is 11.9. The molecule has 0 saturated heterocycles. The summed E-state index contributed by atoms with van der Waals surface area (Å²) >= 11 is 0. The van der Waals surface area contributed by atoms with Gasteiger partial charge < -0.3 is 10.1 Å². The van der Waals surface area contributed by atoms with Crippen LogP contribution in [0.15, 0.2) is 96.2 Å². The zero-order valence-corrected chi connectivity index (χ0v) is 19.9. The molecule has 0 bridgehead atoms. The lowest BCUT2D eigenvalue weighted by molar-refractivity contribution is 0.414. The van der Waals surface area contributed by atoms with Gasteiger partial charge >= 0.3 is 0 Å². The van der Waals surface area contributed by atoms with Crippen LogP contribution in [-0.4, -0.2) is 26.0 Å². The van der Waals surface area contributed by atoms with E-state index in [9.17, 15) is 4.79 Å². The molecule has 4 aromatic heterocycles. The molecule has 178 valence electrons. The highest BCUT2D eigenvalue weighted by Gasteiger charge is 2.16. The van der Waals surface area contributed by atoms with Gasteiger partial charge in [0.15, 0.2) is 0 Å². The standard InChI is InChI=1S/C29H25N5O2/c1-36-23-9-6-20(7-10-23)14-17-33-28-27(24-4-2-3-5-25(24)29(33)35)32-26-11-8-22(19-34(26)28)31-18-21-12-15-30-16-13-21/h2-13,15-16,19,31H,14,17-18H2,1H3. The van der Waals surface area contributed by atoms with E-state index in [1.54, 1.807) is 19.5 Å². The predicted molar refractivity (Wildman–Crippen MR) is 143 cm³/mol. The van der Waals surface area contributed by atoms with E-state index < -0.39 is 0 Å². The number of anilines is 1. The number of imidazole rings is 1. The first kappa shape index (κ1) is 21.9. The number of ether oxygens (including phenoxy) is 1. The van der Waals surface area contributed by atoms with Crippen molar-refractivity contribution in [1.29, 1.82) is 0 Å². The maximum absolute atomic E-state index is 13.7. The Balaban J connectivity index is 1.45. The molecule has 2 aromatic carbocycles. The van der Waals surface area contributed by atoms with E-state index in [0.717, 1.165) is 44.8 Å². The minimum absolute atomic E-state index is 0.0106. The molecule has 1 N–H and O–H groups in total. The van der Waals surface area contributed by atoms with Gasteiger partial charge in [-0.1, -0.05) is 30.3 Å². The molecule has 0 saturated carbocycles. The number of aromatic nitrogens is 4. The van der Waals surface area contributed by atoms with Gasteiger partial charge in [0.05, 0.1) is 12.8 Å². The Hall–Kier alpha value is -4.65. The van der Waals surface area contributed by atoms with Gasteiger partial charge in [0.25, 0.3) is 5.56 Å². The lowest BCUT2D eigenvalue weighted by Crippen LogP contribution is -2.22. The smallest absolute Gasteiger partial charge is 0.260 e. The number of nitrogens with one attached hydrogen (secondary N) is 1. The van der Waals surface area contributed by atoms with E-state index in [1.807, 2.05) is 88.0 Å². The van der Waals surface area contributed by atoms with Crippen LogP contribution in [0.1, 0.15) is 11.1 Å². The molecule has 0 aliphatic carbocycles. The second-order valence-electron chi connectivity index (χ2n) is 8.74. The zero-order valence-electron chi connectivity index (χ0n) is 19.9. The Morgan fingerprint density at radius 2 is 1.67 bits per heavy atom. The molecular weight excluding hydrogens is 450 g/mol. The molecule has 0 spiro atoms. The summed E-state index contributed by atoms with van der Waals surface area (Å²) in [6.45, 7) is 1.21. The molecular formula is C29H25N5O2. The number of fused-ring (bicyclic) bond motifs is 5. The molecule has 0 aliphatic rings. The van der Waals surface area contributed by atoms with Crippen molar-refractivity contribution in [3.05, 3.63) is 113 Å². The molecule has 0 amide bonds. The number of hydrogen-bond acceptors (Lipinski definition) is 5. The van der Waals surface area contributed by atoms with Crippen LogP contribution in [0.2, 0.25) is 0 Å². The molecule has 0 fully saturated rings. The van der Waals surface area contributed by atoms with E-state index in [2.05, 4.69) is 10.3 Å². The number of nitrogens with zero attached hydrogens (tertiary/aromatic N) is 4. The molecule has 0 unspecified atom stereocenters. The van der Waals surface area contributed by atoms with Gasteiger partial charge in [0, 0.05) is 42.5 Å². The van der Waals surface area contributed by atoms with Crippen LogP contribution in [0.3, 0.4) is 0 Å². The number of methoxy groups -OCH3 is 1. The molecule has 7 heteroatoms. The molecule has 6 rings (SSSR count). The van der Waals surface area contributed by atoms with E-state index in [-0.39, 0.29) is 5.56 Å². The van der Waals surface area contributed by atoms with E-state index in [1.165, 1.54) is 0 Å². The quantitative estimate of drug-likeness (QED) is 0.349. The van der Waals surface area contributed by atoms with Crippen LogP contribution in [0.5, 0.6) is 5.75 Å². The van der Waals surface area contributed by atoms with E-state index >= 15 is 0 Å². The fraction of sp³-hybridized carbons (Fsp3) is 0.138. The van der Waals surface area contributed by atoms with Crippen LogP contribution in [0, 0.1) is 0 Å². The highest BCUT2D eigenvalue weighted by Crippen LogP contribution is 2.25. The van der Waals surface area contributed by atoms with Crippen LogP contribution in [0.4, 0.5) is 5.69 Å². The zero-order chi connectivity index (χ0) is 24.5. The van der Waals surface area contributed by atoms with Crippen LogP contribution >= 0.6 is 0 Å². The van der Waals surface area contributed by atoms with Crippen molar-refractivity contribution in [3.8, 4) is 5.75 Å². The molecule has 7 nitrogen and oxygen atoms in total. The third-order valence-corrected chi connectivity index (χ3v) is 6.54. The SMILES string of the molecule is COc1ccc(CCn2c(=O)c3ccccc3c3nc4ccc(NCc5ccncc5)cn4c32)cc1. The maximum atomic E-state index is 13.7. The van der Waals surface area contributed by atoms with Gasteiger partial charge in [-0.2, -0.15) is 0 Å².